The first-order valence-corrected chi connectivity index (χ1v) is 50.8. The minimum absolute atomic E-state index is 0.00646. The summed E-state index contributed by atoms with van der Waals surface area (Å²) in [5, 5.41) is 286. The van der Waals surface area contributed by atoms with Gasteiger partial charge in [0.25, 0.3) is 0 Å². The largest absolute Gasteiger partial charge is 0.394 e. The minimum atomic E-state index is -2.14. The Bertz CT molecular complexity index is 3510. The molecule has 49 nitrogen and oxygen atoms in total. The highest BCUT2D eigenvalue weighted by Gasteiger charge is 2.53. The maximum absolute atomic E-state index is 11.1. The van der Waals surface area contributed by atoms with E-state index >= 15 is 0 Å². The summed E-state index contributed by atoms with van der Waals surface area (Å²) in [4.78, 5) is 43.9. The van der Waals surface area contributed by atoms with E-state index in [9.17, 15) is 137 Å². The molecule has 10 aliphatic heterocycles. The third-order valence-electron chi connectivity index (χ3n) is 26.9. The van der Waals surface area contributed by atoms with Crippen molar-refractivity contribution in [3.8, 4) is 0 Å². The highest BCUT2D eigenvalue weighted by Crippen LogP contribution is 2.36. The summed E-state index contributed by atoms with van der Waals surface area (Å²) in [6.07, 6.45) is -32.0. The second kappa shape index (κ2) is 65.9. The summed E-state index contributed by atoms with van der Waals surface area (Å²) in [6.45, 7) is 47.2. The first-order chi connectivity index (χ1) is 67.3. The van der Waals surface area contributed by atoms with Crippen molar-refractivity contribution in [1.82, 2.24) is 21.3 Å². The van der Waals surface area contributed by atoms with Crippen LogP contribution in [-0.4, -0.2) is 504 Å². The van der Waals surface area contributed by atoms with Gasteiger partial charge in [-0.05, 0) is 86.4 Å². The van der Waals surface area contributed by atoms with Crippen molar-refractivity contribution >= 4 is 23.6 Å². The Labute approximate surface area is 858 Å². The molecular formula is C97H192N6O43. The second-order valence-electron chi connectivity index (χ2n) is 43.1. The normalized spacial score (nSPS) is 41.1. The molecule has 0 radical (unpaired) electrons. The van der Waals surface area contributed by atoms with Crippen LogP contribution in [0.2, 0.25) is 0 Å². The van der Waals surface area contributed by atoms with Crippen LogP contribution in [0, 0.1) is 59.2 Å². The van der Waals surface area contributed by atoms with Gasteiger partial charge in [-0.3, -0.25) is 19.2 Å². The topological polar surface area (TPSA) is 847 Å². The van der Waals surface area contributed by atoms with E-state index in [1.54, 1.807) is 13.8 Å². The molecule has 10 fully saturated rings. The molecule has 10 aliphatic rings. The van der Waals surface area contributed by atoms with E-state index in [1.807, 2.05) is 145 Å². The van der Waals surface area contributed by atoms with Crippen LogP contribution in [0.15, 0.2) is 0 Å². The molecular weight excluding hydrogens is 1940 g/mol. The molecule has 10 saturated heterocycles. The molecule has 146 heavy (non-hydrogen) atoms. The van der Waals surface area contributed by atoms with Gasteiger partial charge >= 0.3 is 0 Å². The molecule has 37 N–H and O–H groups in total. The van der Waals surface area contributed by atoms with Crippen LogP contribution in [-0.2, 0) is 66.5 Å². The number of hydrogen-bond donors (Lipinski definition) is 35. The Kier molecular flexibility index (Phi) is 63.3. The zero-order valence-corrected chi connectivity index (χ0v) is 90.0. The summed E-state index contributed by atoms with van der Waals surface area (Å²) < 4.78 is 54.0. The van der Waals surface area contributed by atoms with Crippen molar-refractivity contribution in [2.75, 3.05) is 46.2 Å². The lowest BCUT2D eigenvalue weighted by Gasteiger charge is -2.44. The monoisotopic (exact) mass is 2130 g/mol. The first kappa shape index (κ1) is 140. The lowest BCUT2D eigenvalue weighted by Crippen LogP contribution is -2.65. The van der Waals surface area contributed by atoms with Gasteiger partial charge in [-0.15, -0.1) is 0 Å². The number of carbonyl (C=O) groups excluding carboxylic acids is 4. The van der Waals surface area contributed by atoms with Gasteiger partial charge in [0.2, 0.25) is 23.6 Å². The van der Waals surface area contributed by atoms with Crippen LogP contribution in [0.4, 0.5) is 0 Å². The molecule has 0 saturated carbocycles. The Balaban J connectivity index is 0.000000813. The van der Waals surface area contributed by atoms with E-state index in [2.05, 4.69) is 21.3 Å². The fourth-order valence-electron chi connectivity index (χ4n) is 18.2. The van der Waals surface area contributed by atoms with Crippen molar-refractivity contribution in [2.45, 2.75) is 486 Å². The highest BCUT2D eigenvalue weighted by molar-refractivity contribution is 5.74. The van der Waals surface area contributed by atoms with E-state index in [4.69, 9.17) is 89.5 Å². The van der Waals surface area contributed by atoms with E-state index in [-0.39, 0.29) is 166 Å². The molecule has 0 aromatic heterocycles. The summed E-state index contributed by atoms with van der Waals surface area (Å²) in [7, 11) is 0. The lowest BCUT2D eigenvalue weighted by molar-refractivity contribution is -0.313. The van der Waals surface area contributed by atoms with Gasteiger partial charge in [0.15, 0.2) is 5.79 Å². The maximum atomic E-state index is 11.1. The molecule has 0 aliphatic carbocycles. The Hall–Kier alpha value is -3.76. The van der Waals surface area contributed by atoms with Gasteiger partial charge in [0.1, 0.15) is 146 Å². The third kappa shape index (κ3) is 41.7. The lowest BCUT2D eigenvalue weighted by atomic mass is 9.87. The Morgan fingerprint density at radius 1 is 0.288 bits per heavy atom. The molecule has 49 heteroatoms. The standard InChI is InChI=1S/3C11H21NO5.C11H21NO4.C9H19NO3.C9H19NO2.3C9H18O5.C8H16O4/c1-5(2)11-8(12-6(3)14)10(16)9(15)7(4-13)17-11;1-5(2)11-10(16)8(12-6(3)14)9(15)7(4-13)17-11;1-5(2)11-10(16)9(15)8(14)7(17-11)4-12-6(3)13;1-5(2)11-10(15)8(12-7(4)13)9(14)6(3)16-11;1-4(2)9-8(12)6(10)7(11)5(3)13-9;1-5(2)9-8(11)7(10)4-6(3)12-9;1-5(2)8-6(11)3-9(12,13)7(4-10)14-8;2*1-4(2)9-8(13)7(12)6(11)5(3-10)14-9;1-4(2)8-7(11)6(10)5(9)3-12-8/h2*5,7-11,13,15-16H,4H2,1-3H3,(H,12,14);5,7-11,14-16H,4H2,1-3H3,(H,12,13);5-6,8-11,14-15H,1-4H3,(H,12,13);4-9,11-12H,10H2,1-3H3;5-9,11H,4,10H2,1-3H3;5-8,10-13H,3-4H2,1-2H3;2*4-13H,3H2,1-2H3;4-11H,3H2,1-2H3/t7?,8?,9-,10-,11+;7?,8-,9+,10?,11-;7?,8-,9+,10?,11+;6?,8-,9+,10?,11-;5?,6-,7+,8?,9-;6?,7-,8?,9-;6?,7?,8-;5?,6-,7+,8?,9+;5?,6-,7-,8?,9-;5-,6+,7?,8+/m1010000101/s1. The molecule has 0 spiro atoms. The third-order valence-corrected chi connectivity index (χ3v) is 26.9. The summed E-state index contributed by atoms with van der Waals surface area (Å²) in [5.74, 6) is -2.31. The molecule has 0 bridgehead atoms. The number of carbonyl (C=O) groups is 4. The van der Waals surface area contributed by atoms with Gasteiger partial charge in [-0.1, -0.05) is 138 Å². The quantitative estimate of drug-likeness (QED) is 0.0503. The van der Waals surface area contributed by atoms with Crippen LogP contribution in [0.1, 0.15) is 200 Å². The van der Waals surface area contributed by atoms with Gasteiger partial charge in [-0.2, -0.15) is 0 Å². The summed E-state index contributed by atoms with van der Waals surface area (Å²) >= 11 is 0. The summed E-state index contributed by atoms with van der Waals surface area (Å²) in [6, 6.07) is -2.86. The van der Waals surface area contributed by atoms with Gasteiger partial charge in [0.05, 0.1) is 168 Å². The van der Waals surface area contributed by atoms with Crippen molar-refractivity contribution in [1.29, 1.82) is 0 Å². The average Bonchev–Trinajstić information content (AvgIpc) is 0.801. The number of ether oxygens (including phenoxy) is 10. The van der Waals surface area contributed by atoms with Crippen LogP contribution in [0.25, 0.3) is 0 Å². The number of rotatable bonds is 20. The zero-order chi connectivity index (χ0) is 113. The molecule has 4 amide bonds. The highest BCUT2D eigenvalue weighted by atomic mass is 16.6. The number of hydrogen-bond acceptors (Lipinski definition) is 45. The van der Waals surface area contributed by atoms with Crippen molar-refractivity contribution in [3.63, 3.8) is 0 Å². The Morgan fingerprint density at radius 2 is 0.582 bits per heavy atom. The van der Waals surface area contributed by atoms with Crippen LogP contribution >= 0.6 is 0 Å². The van der Waals surface area contributed by atoms with E-state index in [0.29, 0.717) is 5.92 Å². The molecule has 19 unspecified atom stereocenters. The van der Waals surface area contributed by atoms with Crippen molar-refractivity contribution < 1.29 is 215 Å². The fraction of sp³-hybridized carbons (Fsp3) is 0.959. The molecule has 0 aromatic carbocycles. The van der Waals surface area contributed by atoms with Crippen molar-refractivity contribution in [3.05, 3.63) is 0 Å². The number of nitrogens with two attached hydrogens (primary N) is 2. The molecule has 868 valence electrons. The van der Waals surface area contributed by atoms with E-state index in [1.165, 1.54) is 27.7 Å². The first-order valence-electron chi connectivity index (χ1n) is 50.8. The van der Waals surface area contributed by atoms with E-state index in [0.717, 1.165) is 6.42 Å². The predicted molar refractivity (Wildman–Crippen MR) is 525 cm³/mol. The number of aliphatic hydroxyl groups excluding tert-OH is 27. The summed E-state index contributed by atoms with van der Waals surface area (Å²) in [5.41, 5.74) is 11.4. The molecule has 46 atom stereocenters. The molecule has 10 rings (SSSR count). The molecule has 0 aromatic rings. The predicted octanol–water partition coefficient (Wildman–Crippen LogP) is -9.54. The number of amides is 4. The van der Waals surface area contributed by atoms with Gasteiger partial charge in [0, 0.05) is 46.7 Å². The fourth-order valence-corrected chi connectivity index (χ4v) is 18.2. The van der Waals surface area contributed by atoms with Gasteiger partial charge < -0.3 is 228 Å². The van der Waals surface area contributed by atoms with Crippen molar-refractivity contribution in [2.24, 2.45) is 70.6 Å². The molecule has 10 heterocycles. The van der Waals surface area contributed by atoms with Crippen LogP contribution in [0.3, 0.4) is 0 Å². The van der Waals surface area contributed by atoms with Gasteiger partial charge in [-0.25, -0.2) is 0 Å². The SMILES string of the molecule is CC(=O)NC1[C@H](C(C)C)OC(CO)[C@@H](O)[C@@H]1O.CC(=O)NCC1O[C@@H](C(C)C)C(O)[C@@H](O)[C@@H]1O.CC(=O)N[C@@H]1C(O)[C@H](C(C)C)OC(C)[C@H]1O.CC(=O)N[C@@H]1C(O)[C@H](C(C)C)OC(CO)[C@H]1O.CC(C)[C@@H]1OC(C)[C@@H](O)[C@H](N)C1O.CC(C)[C@@H]1OC(CO)C(O)(O)CC1O.CC(C)[C@@H]1OC(CO)[C@@H](O)[C@H](O)C1O.CC(C)[C@@H]1OC(CO)[C@H](O)[C@H](O)C1O.CC(C)[C@@H]1OC[C@@H](O)[C@H](O)C1O.CC1C[C@H](N)C(O)[C@H](C(C)C)O1. The Morgan fingerprint density at radius 3 is 0.932 bits per heavy atom. The smallest absolute Gasteiger partial charge is 0.217 e. The van der Waals surface area contributed by atoms with Crippen LogP contribution < -0.4 is 32.7 Å². The zero-order valence-electron chi connectivity index (χ0n) is 90.0. The minimum Gasteiger partial charge on any atom is -0.394 e. The maximum Gasteiger partial charge on any atom is 0.217 e. The van der Waals surface area contributed by atoms with Crippen LogP contribution in [0.5, 0.6) is 0 Å². The van der Waals surface area contributed by atoms with E-state index < -0.39 is 250 Å². The average molecular weight is 2130 g/mol. The number of aliphatic hydroxyl groups is 29. The number of nitrogens with one attached hydrogen (secondary N) is 4. The second-order valence-corrected chi connectivity index (χ2v) is 43.1.